The van der Waals surface area contributed by atoms with Crippen molar-refractivity contribution in [1.82, 2.24) is 4.90 Å². The van der Waals surface area contributed by atoms with Gasteiger partial charge in [-0.25, -0.2) is 4.79 Å². The van der Waals surface area contributed by atoms with Crippen LogP contribution in [0.2, 0.25) is 0 Å². The Labute approximate surface area is 129 Å². The molecule has 2 heterocycles. The van der Waals surface area contributed by atoms with Gasteiger partial charge in [0.2, 0.25) is 5.91 Å². The molecule has 1 aromatic carbocycles. The van der Waals surface area contributed by atoms with E-state index in [-0.39, 0.29) is 12.0 Å². The Bertz CT molecular complexity index is 566. The predicted molar refractivity (Wildman–Crippen MR) is 80.3 cm³/mol. The Hall–Kier alpha value is -1.88. The fourth-order valence-corrected chi connectivity index (χ4v) is 3.31. The number of benzene rings is 1. The quantitative estimate of drug-likeness (QED) is 0.923. The van der Waals surface area contributed by atoms with Gasteiger partial charge in [-0.1, -0.05) is 24.3 Å². The van der Waals surface area contributed by atoms with Gasteiger partial charge in [-0.2, -0.15) is 0 Å². The van der Waals surface area contributed by atoms with Gasteiger partial charge in [0.1, 0.15) is 6.04 Å². The van der Waals surface area contributed by atoms with E-state index in [1.54, 1.807) is 0 Å². The summed E-state index contributed by atoms with van der Waals surface area (Å²) >= 11 is 0. The number of carboxylic acids is 1. The average molecular weight is 303 g/mol. The molecule has 1 saturated heterocycles. The maximum absolute atomic E-state index is 12.5. The molecule has 2 aliphatic heterocycles. The molecule has 1 fully saturated rings. The van der Waals surface area contributed by atoms with Crippen LogP contribution in [0.5, 0.6) is 0 Å². The molecule has 2 atom stereocenters. The third-order valence-corrected chi connectivity index (χ3v) is 4.56. The van der Waals surface area contributed by atoms with Gasteiger partial charge in [0.25, 0.3) is 0 Å². The van der Waals surface area contributed by atoms with E-state index in [0.29, 0.717) is 25.8 Å². The second kappa shape index (κ2) is 6.48. The zero-order chi connectivity index (χ0) is 15.5. The summed E-state index contributed by atoms with van der Waals surface area (Å²) in [6.07, 6.45) is 3.63. The number of fused-ring (bicyclic) bond motifs is 1. The van der Waals surface area contributed by atoms with E-state index in [1.807, 2.05) is 24.3 Å². The van der Waals surface area contributed by atoms with Gasteiger partial charge >= 0.3 is 5.97 Å². The van der Waals surface area contributed by atoms with E-state index in [4.69, 9.17) is 4.74 Å². The summed E-state index contributed by atoms with van der Waals surface area (Å²) in [7, 11) is 0. The number of carbonyl (C=O) groups excluding carboxylic acids is 1. The number of aliphatic carboxylic acids is 1. The summed E-state index contributed by atoms with van der Waals surface area (Å²) in [6, 6.07) is 6.99. The molecule has 1 aromatic rings. The maximum atomic E-state index is 12.5. The van der Waals surface area contributed by atoms with Gasteiger partial charge in [-0.3, -0.25) is 4.79 Å². The average Bonchev–Trinajstić information content (AvgIpc) is 3.04. The highest BCUT2D eigenvalue weighted by molar-refractivity contribution is 5.84. The lowest BCUT2D eigenvalue weighted by Gasteiger charge is -2.34. The molecule has 1 amide bonds. The van der Waals surface area contributed by atoms with Gasteiger partial charge in [-0.15, -0.1) is 0 Å². The first kappa shape index (κ1) is 15.0. The summed E-state index contributed by atoms with van der Waals surface area (Å²) in [6.45, 7) is 1.16. The van der Waals surface area contributed by atoms with Crippen molar-refractivity contribution in [2.75, 3.05) is 6.61 Å². The van der Waals surface area contributed by atoms with Gasteiger partial charge in [0, 0.05) is 26.0 Å². The summed E-state index contributed by atoms with van der Waals surface area (Å²) < 4.78 is 5.53. The standard InChI is InChI=1S/C17H21NO4/c19-16(8-7-14-6-3-9-22-14)18-11-13-5-2-1-4-12(13)10-15(18)17(20)21/h1-2,4-5,14-15H,3,6-11H2,(H,20,21). The molecule has 0 saturated carbocycles. The van der Waals surface area contributed by atoms with Gasteiger partial charge in [-0.05, 0) is 30.4 Å². The van der Waals surface area contributed by atoms with E-state index in [2.05, 4.69) is 0 Å². The minimum Gasteiger partial charge on any atom is -0.480 e. The Kier molecular flexibility index (Phi) is 4.43. The van der Waals surface area contributed by atoms with Crippen LogP contribution in [0.25, 0.3) is 0 Å². The zero-order valence-corrected chi connectivity index (χ0v) is 12.5. The first-order valence-corrected chi connectivity index (χ1v) is 7.86. The molecule has 3 rings (SSSR count). The van der Waals surface area contributed by atoms with Crippen LogP contribution >= 0.6 is 0 Å². The number of rotatable bonds is 4. The van der Waals surface area contributed by atoms with Crippen molar-refractivity contribution in [2.24, 2.45) is 0 Å². The largest absolute Gasteiger partial charge is 0.480 e. The van der Waals surface area contributed by atoms with Crippen LogP contribution in [0.1, 0.15) is 36.8 Å². The van der Waals surface area contributed by atoms with Crippen molar-refractivity contribution in [3.63, 3.8) is 0 Å². The van der Waals surface area contributed by atoms with Crippen LogP contribution in [0.3, 0.4) is 0 Å². The smallest absolute Gasteiger partial charge is 0.326 e. The fourth-order valence-electron chi connectivity index (χ4n) is 3.31. The van der Waals surface area contributed by atoms with Crippen LogP contribution < -0.4 is 0 Å². The Balaban J connectivity index is 1.69. The molecule has 0 bridgehead atoms. The minimum atomic E-state index is -0.931. The number of nitrogens with zero attached hydrogens (tertiary/aromatic N) is 1. The lowest BCUT2D eigenvalue weighted by Crippen LogP contribution is -2.48. The molecule has 2 unspecified atom stereocenters. The Morgan fingerprint density at radius 1 is 1.27 bits per heavy atom. The van der Waals surface area contributed by atoms with Crippen LogP contribution in [-0.2, 0) is 27.3 Å². The topological polar surface area (TPSA) is 66.8 Å². The lowest BCUT2D eigenvalue weighted by atomic mass is 9.93. The summed E-state index contributed by atoms with van der Waals surface area (Å²) in [5, 5.41) is 9.44. The summed E-state index contributed by atoms with van der Waals surface area (Å²) in [5.41, 5.74) is 2.07. The molecule has 0 spiro atoms. The minimum absolute atomic E-state index is 0.0857. The van der Waals surface area contributed by atoms with Crippen molar-refractivity contribution in [1.29, 1.82) is 0 Å². The van der Waals surface area contributed by atoms with E-state index in [1.165, 1.54) is 4.90 Å². The number of hydrogen-bond donors (Lipinski definition) is 1. The monoisotopic (exact) mass is 303 g/mol. The molecule has 0 radical (unpaired) electrons. The van der Waals surface area contributed by atoms with Crippen molar-refractivity contribution >= 4 is 11.9 Å². The molecule has 5 nitrogen and oxygen atoms in total. The van der Waals surface area contributed by atoms with Crippen LogP contribution in [0.4, 0.5) is 0 Å². The third-order valence-electron chi connectivity index (χ3n) is 4.56. The molecule has 1 N–H and O–H groups in total. The number of ether oxygens (including phenoxy) is 1. The summed E-state index contributed by atoms with van der Waals surface area (Å²) in [5.74, 6) is -1.02. The van der Waals surface area contributed by atoms with Crippen molar-refractivity contribution in [3.05, 3.63) is 35.4 Å². The second-order valence-corrected chi connectivity index (χ2v) is 6.02. The lowest BCUT2D eigenvalue weighted by molar-refractivity contribution is -0.151. The van der Waals surface area contributed by atoms with E-state index < -0.39 is 12.0 Å². The first-order valence-electron chi connectivity index (χ1n) is 7.86. The molecular formula is C17H21NO4. The molecule has 0 aliphatic carbocycles. The van der Waals surface area contributed by atoms with Crippen LogP contribution in [-0.4, -0.2) is 40.6 Å². The molecule has 2 aliphatic rings. The number of carboxylic acid groups (broad SMARTS) is 1. The van der Waals surface area contributed by atoms with E-state index in [9.17, 15) is 14.7 Å². The maximum Gasteiger partial charge on any atom is 0.326 e. The highest BCUT2D eigenvalue weighted by atomic mass is 16.5. The van der Waals surface area contributed by atoms with Gasteiger partial charge in [0.05, 0.1) is 6.10 Å². The van der Waals surface area contributed by atoms with Crippen molar-refractivity contribution < 1.29 is 19.4 Å². The number of hydrogen-bond acceptors (Lipinski definition) is 3. The molecule has 5 heteroatoms. The highest BCUT2D eigenvalue weighted by Crippen LogP contribution is 2.25. The zero-order valence-electron chi connectivity index (χ0n) is 12.5. The highest BCUT2D eigenvalue weighted by Gasteiger charge is 2.34. The molecular weight excluding hydrogens is 282 g/mol. The van der Waals surface area contributed by atoms with Gasteiger partial charge < -0.3 is 14.7 Å². The normalized spacial score (nSPS) is 24.1. The molecule has 22 heavy (non-hydrogen) atoms. The van der Waals surface area contributed by atoms with E-state index in [0.717, 1.165) is 30.6 Å². The number of carbonyl (C=O) groups is 2. The Morgan fingerprint density at radius 2 is 2.05 bits per heavy atom. The van der Waals surface area contributed by atoms with Crippen LogP contribution in [0, 0.1) is 0 Å². The summed E-state index contributed by atoms with van der Waals surface area (Å²) in [4.78, 5) is 25.5. The first-order chi connectivity index (χ1) is 10.6. The SMILES string of the molecule is O=C(O)C1Cc2ccccc2CN1C(=O)CCC1CCCO1. The molecule has 118 valence electrons. The van der Waals surface area contributed by atoms with Crippen molar-refractivity contribution in [3.8, 4) is 0 Å². The fraction of sp³-hybridized carbons (Fsp3) is 0.529. The van der Waals surface area contributed by atoms with E-state index >= 15 is 0 Å². The second-order valence-electron chi connectivity index (χ2n) is 6.02. The number of amides is 1. The third kappa shape index (κ3) is 3.14. The van der Waals surface area contributed by atoms with Crippen LogP contribution in [0.15, 0.2) is 24.3 Å². The predicted octanol–water partition coefficient (Wildman–Crippen LogP) is 1.98. The molecule has 0 aromatic heterocycles. The Morgan fingerprint density at radius 3 is 2.73 bits per heavy atom. The van der Waals surface area contributed by atoms with Gasteiger partial charge in [0.15, 0.2) is 0 Å². The van der Waals surface area contributed by atoms with Crippen molar-refractivity contribution in [2.45, 2.75) is 50.8 Å².